The predicted molar refractivity (Wildman–Crippen MR) is 117 cm³/mol. The molecule has 1 amide bonds. The van der Waals surface area contributed by atoms with Crippen LogP contribution in [0.4, 0.5) is 0 Å². The van der Waals surface area contributed by atoms with Crippen LogP contribution < -0.4 is 0 Å². The number of nitrogens with one attached hydrogen (secondary N) is 1. The number of carbonyl (C=O) groups excluding carboxylic acids is 1. The van der Waals surface area contributed by atoms with Crippen LogP contribution in [0, 0.1) is 0 Å². The van der Waals surface area contributed by atoms with Crippen LogP contribution in [0.1, 0.15) is 24.8 Å². The average molecular weight is 409 g/mol. The van der Waals surface area contributed by atoms with Gasteiger partial charge < -0.3 is 19.7 Å². The number of hydrogen-bond donors (Lipinski definition) is 2. The van der Waals surface area contributed by atoms with E-state index in [1.54, 1.807) is 19.2 Å². The molecule has 0 aliphatic carbocycles. The summed E-state index contributed by atoms with van der Waals surface area (Å²) in [5.41, 5.74) is 3.32. The molecule has 1 fully saturated rings. The predicted octanol–water partition coefficient (Wildman–Crippen LogP) is 3.70. The molecule has 0 unspecified atom stereocenters. The zero-order valence-corrected chi connectivity index (χ0v) is 17.3. The smallest absolute Gasteiger partial charge is 0.245 e. The molecule has 7 heteroatoms. The van der Waals surface area contributed by atoms with Gasteiger partial charge in [-0.05, 0) is 55.5 Å². The van der Waals surface area contributed by atoms with Gasteiger partial charge in [-0.25, -0.2) is 0 Å². The summed E-state index contributed by atoms with van der Waals surface area (Å²) in [5.74, 6) is 0.287. The lowest BCUT2D eigenvalue weighted by molar-refractivity contribution is -0.124. The molecule has 4 rings (SSSR count). The lowest BCUT2D eigenvalue weighted by atomic mass is 10.1. The summed E-state index contributed by atoms with van der Waals surface area (Å²) in [5, 5.41) is 19.4. The Balaban J connectivity index is 0.000000239. The number of phenols is 1. The third kappa shape index (κ3) is 5.24. The molecule has 1 aliphatic rings. The first-order valence-electron chi connectivity index (χ1n) is 10.2. The summed E-state index contributed by atoms with van der Waals surface area (Å²) >= 11 is 0. The SMILES string of the molecule is C=CC(=O)N1CCCC1.COCCCc1c[nH]c2nnc(-c3ccccc3O)cc12. The van der Waals surface area contributed by atoms with Gasteiger partial charge in [-0.1, -0.05) is 18.7 Å². The van der Waals surface area contributed by atoms with E-state index in [4.69, 9.17) is 4.74 Å². The molecule has 1 saturated heterocycles. The maximum atomic E-state index is 10.8. The van der Waals surface area contributed by atoms with Gasteiger partial charge in [0, 0.05) is 44.0 Å². The van der Waals surface area contributed by atoms with E-state index in [-0.39, 0.29) is 11.7 Å². The van der Waals surface area contributed by atoms with Crippen LogP contribution in [-0.2, 0) is 16.0 Å². The Bertz CT molecular complexity index is 993. The van der Waals surface area contributed by atoms with E-state index in [2.05, 4.69) is 21.8 Å². The normalized spacial score (nSPS) is 13.2. The van der Waals surface area contributed by atoms with E-state index in [0.717, 1.165) is 56.4 Å². The zero-order valence-electron chi connectivity index (χ0n) is 17.3. The lowest BCUT2D eigenvalue weighted by Crippen LogP contribution is -2.25. The van der Waals surface area contributed by atoms with Crippen molar-refractivity contribution in [3.63, 3.8) is 0 Å². The van der Waals surface area contributed by atoms with Crippen molar-refractivity contribution < 1.29 is 14.6 Å². The minimum absolute atomic E-state index is 0.0764. The van der Waals surface area contributed by atoms with E-state index in [9.17, 15) is 9.90 Å². The molecule has 2 N–H and O–H groups in total. The van der Waals surface area contributed by atoms with Crippen molar-refractivity contribution in [1.29, 1.82) is 0 Å². The summed E-state index contributed by atoms with van der Waals surface area (Å²) in [4.78, 5) is 15.8. The number of ether oxygens (including phenoxy) is 1. The van der Waals surface area contributed by atoms with E-state index in [1.165, 1.54) is 11.6 Å². The first-order chi connectivity index (χ1) is 14.6. The van der Waals surface area contributed by atoms with Gasteiger partial charge in [0.05, 0.1) is 5.69 Å². The third-order valence-corrected chi connectivity index (χ3v) is 5.09. The number of para-hydroxylation sites is 1. The van der Waals surface area contributed by atoms with Gasteiger partial charge in [-0.3, -0.25) is 4.79 Å². The van der Waals surface area contributed by atoms with Crippen LogP contribution in [0.3, 0.4) is 0 Å². The number of aromatic amines is 1. The lowest BCUT2D eigenvalue weighted by Gasteiger charge is -2.10. The van der Waals surface area contributed by atoms with Gasteiger partial charge in [0.2, 0.25) is 5.91 Å². The Kier molecular flexibility index (Phi) is 7.57. The molecule has 2 aromatic heterocycles. The van der Waals surface area contributed by atoms with Crippen molar-refractivity contribution in [2.75, 3.05) is 26.8 Å². The molecule has 7 nitrogen and oxygen atoms in total. The highest BCUT2D eigenvalue weighted by Crippen LogP contribution is 2.29. The molecule has 30 heavy (non-hydrogen) atoms. The number of benzene rings is 1. The Morgan fingerprint density at radius 2 is 2.07 bits per heavy atom. The summed E-state index contributed by atoms with van der Waals surface area (Å²) in [7, 11) is 1.71. The van der Waals surface area contributed by atoms with Crippen LogP contribution in [-0.4, -0.2) is 57.9 Å². The van der Waals surface area contributed by atoms with Crippen LogP contribution in [0.15, 0.2) is 49.2 Å². The number of amides is 1. The van der Waals surface area contributed by atoms with Gasteiger partial charge in [0.1, 0.15) is 5.75 Å². The van der Waals surface area contributed by atoms with Crippen molar-refractivity contribution in [2.45, 2.75) is 25.7 Å². The molecule has 0 spiro atoms. The van der Waals surface area contributed by atoms with Gasteiger partial charge in [-0.15, -0.1) is 10.2 Å². The van der Waals surface area contributed by atoms with Crippen molar-refractivity contribution in [3.8, 4) is 17.0 Å². The standard InChI is InChI=1S/C16H17N3O2.C7H11NO/c1-21-8-4-5-11-10-17-16-13(11)9-14(18-19-16)12-6-2-3-7-15(12)20;1-2-7(9)8-5-3-4-6-8/h2-3,6-7,9-10,20H,4-5,8H2,1H3,(H,17,19);2H,1,3-6H2. The second kappa shape index (κ2) is 10.5. The van der Waals surface area contributed by atoms with Crippen molar-refractivity contribution in [3.05, 3.63) is 54.7 Å². The van der Waals surface area contributed by atoms with Crippen molar-refractivity contribution in [1.82, 2.24) is 20.1 Å². The maximum Gasteiger partial charge on any atom is 0.245 e. The number of rotatable bonds is 6. The fourth-order valence-corrected chi connectivity index (χ4v) is 3.48. The van der Waals surface area contributed by atoms with Crippen LogP contribution in [0.2, 0.25) is 0 Å². The Morgan fingerprint density at radius 3 is 2.77 bits per heavy atom. The number of aromatic nitrogens is 3. The Morgan fingerprint density at radius 1 is 1.30 bits per heavy atom. The summed E-state index contributed by atoms with van der Waals surface area (Å²) < 4.78 is 5.09. The van der Waals surface area contributed by atoms with Crippen molar-refractivity contribution >= 4 is 16.9 Å². The van der Waals surface area contributed by atoms with E-state index in [0.29, 0.717) is 11.3 Å². The molecule has 1 aromatic carbocycles. The van der Waals surface area contributed by atoms with Gasteiger partial charge >= 0.3 is 0 Å². The van der Waals surface area contributed by atoms with Gasteiger partial charge in [0.25, 0.3) is 0 Å². The van der Waals surface area contributed by atoms with Gasteiger partial charge in [-0.2, -0.15) is 0 Å². The number of nitrogens with zero attached hydrogens (tertiary/aromatic N) is 3. The fourth-order valence-electron chi connectivity index (χ4n) is 3.48. The Hall–Kier alpha value is -3.19. The number of phenolic OH excluding ortho intramolecular Hbond substituents is 1. The monoisotopic (exact) mass is 408 g/mol. The second-order valence-corrected chi connectivity index (χ2v) is 7.16. The maximum absolute atomic E-state index is 10.8. The number of likely N-dealkylation sites (tertiary alicyclic amines) is 1. The number of hydrogen-bond acceptors (Lipinski definition) is 5. The molecule has 1 aliphatic heterocycles. The summed E-state index contributed by atoms with van der Waals surface area (Å²) in [6.07, 6.45) is 7.52. The van der Waals surface area contributed by atoms with E-state index < -0.39 is 0 Å². The third-order valence-electron chi connectivity index (χ3n) is 5.09. The first kappa shape index (κ1) is 21.5. The van der Waals surface area contributed by atoms with Crippen LogP contribution in [0.25, 0.3) is 22.3 Å². The topological polar surface area (TPSA) is 91.3 Å². The number of carbonyl (C=O) groups is 1. The second-order valence-electron chi connectivity index (χ2n) is 7.16. The van der Waals surface area contributed by atoms with Crippen LogP contribution in [0.5, 0.6) is 5.75 Å². The minimum Gasteiger partial charge on any atom is -0.507 e. The van der Waals surface area contributed by atoms with E-state index >= 15 is 0 Å². The largest absolute Gasteiger partial charge is 0.507 e. The highest BCUT2D eigenvalue weighted by atomic mass is 16.5. The van der Waals surface area contributed by atoms with E-state index in [1.807, 2.05) is 29.3 Å². The molecular formula is C23H28N4O3. The molecule has 0 bridgehead atoms. The minimum atomic E-state index is 0.0764. The number of aryl methyl sites for hydroxylation is 1. The Labute approximate surface area is 176 Å². The molecular weight excluding hydrogens is 380 g/mol. The summed E-state index contributed by atoms with van der Waals surface area (Å²) in [6.45, 7) is 5.99. The number of H-pyrrole nitrogens is 1. The highest BCUT2D eigenvalue weighted by Gasteiger charge is 2.14. The number of methoxy groups -OCH3 is 1. The molecule has 0 saturated carbocycles. The zero-order chi connectivity index (χ0) is 21.3. The molecule has 0 atom stereocenters. The molecule has 3 heterocycles. The average Bonchev–Trinajstić information content (AvgIpc) is 3.44. The first-order valence-corrected chi connectivity index (χ1v) is 10.2. The molecule has 3 aromatic rings. The summed E-state index contributed by atoms with van der Waals surface area (Å²) in [6, 6.07) is 9.12. The molecule has 158 valence electrons. The van der Waals surface area contributed by atoms with Crippen LogP contribution >= 0.6 is 0 Å². The fraction of sp³-hybridized carbons (Fsp3) is 0.348. The molecule has 0 radical (unpaired) electrons. The quantitative estimate of drug-likeness (QED) is 0.479. The van der Waals surface area contributed by atoms with Crippen molar-refractivity contribution in [2.24, 2.45) is 0 Å². The number of fused-ring (bicyclic) bond motifs is 1. The van der Waals surface area contributed by atoms with Gasteiger partial charge in [0.15, 0.2) is 5.65 Å². The highest BCUT2D eigenvalue weighted by molar-refractivity contribution is 5.87. The number of aromatic hydroxyl groups is 1.